The lowest BCUT2D eigenvalue weighted by atomic mass is 9.64. The summed E-state index contributed by atoms with van der Waals surface area (Å²) in [5.74, 6) is 0. The van der Waals surface area contributed by atoms with Crippen molar-refractivity contribution in [3.05, 3.63) is 34.3 Å². The van der Waals surface area contributed by atoms with Gasteiger partial charge >= 0.3 is 6.03 Å². The Morgan fingerprint density at radius 1 is 1.20 bits per heavy atom. The second kappa shape index (κ2) is 7.63. The Kier molecular flexibility index (Phi) is 6.17. The highest BCUT2D eigenvalue weighted by atomic mass is 79.9. The molecule has 140 valence electrons. The first-order chi connectivity index (χ1) is 11.5. The van der Waals surface area contributed by atoms with Crippen molar-refractivity contribution in [2.75, 3.05) is 19.3 Å². The Labute approximate surface area is 158 Å². The summed E-state index contributed by atoms with van der Waals surface area (Å²) in [6.07, 6.45) is 4.37. The number of hydrogen-bond acceptors (Lipinski definition) is 3. The summed E-state index contributed by atoms with van der Waals surface area (Å²) in [6, 6.07) is 7.96. The van der Waals surface area contributed by atoms with E-state index in [-0.39, 0.29) is 18.0 Å². The average molecular weight is 432 g/mol. The molecule has 2 rings (SSSR count). The quantitative estimate of drug-likeness (QED) is 0.619. The number of carbonyl (C=O) groups excluding carboxylic acids is 1. The molecular formula is C17H26BrN3O3S. The second-order valence-corrected chi connectivity index (χ2v) is 10.1. The average Bonchev–Trinajstić information content (AvgIpc) is 2.43. The van der Waals surface area contributed by atoms with E-state index in [2.05, 4.69) is 43.4 Å². The normalized spacial score (nSPS) is 16.8. The summed E-state index contributed by atoms with van der Waals surface area (Å²) < 4.78 is 26.2. The first kappa shape index (κ1) is 20.2. The van der Waals surface area contributed by atoms with E-state index in [1.807, 2.05) is 12.1 Å². The van der Waals surface area contributed by atoms with Crippen LogP contribution < -0.4 is 15.4 Å². The van der Waals surface area contributed by atoms with Gasteiger partial charge in [-0.05, 0) is 44.4 Å². The molecule has 1 fully saturated rings. The fourth-order valence-corrected chi connectivity index (χ4v) is 4.47. The van der Waals surface area contributed by atoms with E-state index in [4.69, 9.17) is 0 Å². The molecule has 8 heteroatoms. The van der Waals surface area contributed by atoms with Gasteiger partial charge in [0, 0.05) is 28.5 Å². The van der Waals surface area contributed by atoms with Crippen LogP contribution in [0.5, 0.6) is 0 Å². The minimum atomic E-state index is -3.33. The molecule has 6 nitrogen and oxygen atoms in total. The summed E-state index contributed by atoms with van der Waals surface area (Å²) in [5.41, 5.74) is 0.491. The van der Waals surface area contributed by atoms with Gasteiger partial charge in [0.05, 0.1) is 6.26 Å². The summed E-state index contributed by atoms with van der Waals surface area (Å²) in [4.78, 5) is 12.1. The van der Waals surface area contributed by atoms with Crippen LogP contribution in [0.25, 0.3) is 0 Å². The summed E-state index contributed by atoms with van der Waals surface area (Å²) >= 11 is 3.45. The zero-order chi connectivity index (χ0) is 18.7. The van der Waals surface area contributed by atoms with Crippen LogP contribution in [0.2, 0.25) is 0 Å². The molecule has 0 atom stereocenters. The number of urea groups is 1. The first-order valence-electron chi connectivity index (χ1n) is 8.28. The molecular weight excluding hydrogens is 406 g/mol. The van der Waals surface area contributed by atoms with E-state index in [1.165, 1.54) is 5.56 Å². The van der Waals surface area contributed by atoms with Gasteiger partial charge in [-0.1, -0.05) is 34.5 Å². The van der Waals surface area contributed by atoms with E-state index in [9.17, 15) is 13.2 Å². The molecule has 0 aromatic heterocycles. The molecule has 0 unspecified atom stereocenters. The standard InChI is InChI=1S/C17H26BrN3O3S/c1-16(2,21-25(3,23)24)11-19-15(22)20-12-17(9-4-10-17)13-5-7-14(18)8-6-13/h5-8,21H,4,9-12H2,1-3H3,(H2,19,20,22). The van der Waals surface area contributed by atoms with Crippen LogP contribution in [-0.4, -0.2) is 39.3 Å². The Morgan fingerprint density at radius 3 is 2.28 bits per heavy atom. The first-order valence-corrected chi connectivity index (χ1v) is 11.0. The molecule has 0 bridgehead atoms. The third-order valence-corrected chi connectivity index (χ3v) is 5.96. The van der Waals surface area contributed by atoms with Crippen LogP contribution >= 0.6 is 15.9 Å². The highest BCUT2D eigenvalue weighted by Crippen LogP contribution is 2.43. The maximum atomic E-state index is 12.1. The Bertz CT molecular complexity index is 713. The molecule has 1 aliphatic rings. The molecule has 3 N–H and O–H groups in total. The number of rotatable bonds is 7. The minimum Gasteiger partial charge on any atom is -0.337 e. The maximum absolute atomic E-state index is 12.1. The summed E-state index contributed by atoms with van der Waals surface area (Å²) in [5, 5.41) is 5.68. The Balaban J connectivity index is 1.87. The van der Waals surface area contributed by atoms with Gasteiger partial charge in [0.25, 0.3) is 0 Å². The van der Waals surface area contributed by atoms with Crippen LogP contribution in [0.3, 0.4) is 0 Å². The monoisotopic (exact) mass is 431 g/mol. The van der Waals surface area contributed by atoms with E-state index < -0.39 is 15.6 Å². The van der Waals surface area contributed by atoms with Gasteiger partial charge in [-0.25, -0.2) is 17.9 Å². The molecule has 0 saturated heterocycles. The van der Waals surface area contributed by atoms with Crippen molar-refractivity contribution in [2.24, 2.45) is 0 Å². The van der Waals surface area contributed by atoms with Crippen LogP contribution in [-0.2, 0) is 15.4 Å². The number of hydrogen-bond donors (Lipinski definition) is 3. The Hall–Kier alpha value is -1.12. The lowest BCUT2D eigenvalue weighted by Crippen LogP contribution is -2.54. The third kappa shape index (κ3) is 5.97. The fraction of sp³-hybridized carbons (Fsp3) is 0.588. The molecule has 25 heavy (non-hydrogen) atoms. The van der Waals surface area contributed by atoms with Crippen molar-refractivity contribution in [1.82, 2.24) is 15.4 Å². The van der Waals surface area contributed by atoms with Crippen molar-refractivity contribution in [3.63, 3.8) is 0 Å². The number of halogens is 1. The van der Waals surface area contributed by atoms with Gasteiger partial charge in [0.1, 0.15) is 0 Å². The molecule has 2 amide bonds. The summed E-state index contributed by atoms with van der Waals surface area (Å²) in [6.45, 7) is 4.23. The number of carbonyl (C=O) groups is 1. The van der Waals surface area contributed by atoms with E-state index in [0.29, 0.717) is 6.54 Å². The van der Waals surface area contributed by atoms with Crippen molar-refractivity contribution >= 4 is 32.0 Å². The zero-order valence-corrected chi connectivity index (χ0v) is 17.3. The number of amides is 2. The lowest BCUT2D eigenvalue weighted by molar-refractivity contribution is 0.213. The molecule has 1 aromatic carbocycles. The second-order valence-electron chi connectivity index (χ2n) is 7.44. The molecule has 1 aliphatic carbocycles. The zero-order valence-electron chi connectivity index (χ0n) is 14.9. The SMILES string of the molecule is CC(C)(CNC(=O)NCC1(c2ccc(Br)cc2)CCC1)NS(C)(=O)=O. The fourth-order valence-electron chi connectivity index (χ4n) is 3.13. The highest BCUT2D eigenvalue weighted by Gasteiger charge is 2.38. The number of nitrogens with one attached hydrogen (secondary N) is 3. The van der Waals surface area contributed by atoms with Gasteiger partial charge in [-0.3, -0.25) is 0 Å². The van der Waals surface area contributed by atoms with Gasteiger partial charge < -0.3 is 10.6 Å². The van der Waals surface area contributed by atoms with Crippen molar-refractivity contribution in [2.45, 2.75) is 44.1 Å². The van der Waals surface area contributed by atoms with Gasteiger partial charge in [0.2, 0.25) is 10.0 Å². The summed E-state index contributed by atoms with van der Waals surface area (Å²) in [7, 11) is -3.33. The molecule has 0 aliphatic heterocycles. The molecule has 1 saturated carbocycles. The van der Waals surface area contributed by atoms with Gasteiger partial charge in [-0.2, -0.15) is 0 Å². The van der Waals surface area contributed by atoms with Crippen LogP contribution in [0.4, 0.5) is 4.79 Å². The predicted molar refractivity (Wildman–Crippen MR) is 103 cm³/mol. The third-order valence-electron chi connectivity index (χ3n) is 4.51. The number of sulfonamides is 1. The maximum Gasteiger partial charge on any atom is 0.314 e. The van der Waals surface area contributed by atoms with Crippen LogP contribution in [0.15, 0.2) is 28.7 Å². The van der Waals surface area contributed by atoms with Crippen molar-refractivity contribution in [1.29, 1.82) is 0 Å². The molecule has 0 radical (unpaired) electrons. The Morgan fingerprint density at radius 2 is 1.80 bits per heavy atom. The van der Waals surface area contributed by atoms with Crippen LogP contribution in [0.1, 0.15) is 38.7 Å². The van der Waals surface area contributed by atoms with Gasteiger partial charge in [-0.15, -0.1) is 0 Å². The van der Waals surface area contributed by atoms with E-state index in [1.54, 1.807) is 13.8 Å². The number of benzene rings is 1. The van der Waals surface area contributed by atoms with Crippen molar-refractivity contribution < 1.29 is 13.2 Å². The highest BCUT2D eigenvalue weighted by molar-refractivity contribution is 9.10. The van der Waals surface area contributed by atoms with Gasteiger partial charge in [0.15, 0.2) is 0 Å². The van der Waals surface area contributed by atoms with Crippen molar-refractivity contribution in [3.8, 4) is 0 Å². The van der Waals surface area contributed by atoms with Crippen LogP contribution in [0, 0.1) is 0 Å². The largest absolute Gasteiger partial charge is 0.337 e. The minimum absolute atomic E-state index is 0.00142. The lowest BCUT2D eigenvalue weighted by Gasteiger charge is -2.42. The predicted octanol–water partition coefficient (Wildman–Crippen LogP) is 2.50. The van der Waals surface area contributed by atoms with E-state index in [0.717, 1.165) is 30.0 Å². The van der Waals surface area contributed by atoms with E-state index >= 15 is 0 Å². The molecule has 0 heterocycles. The smallest absolute Gasteiger partial charge is 0.314 e. The molecule has 0 spiro atoms. The molecule has 1 aromatic rings. The topological polar surface area (TPSA) is 87.3 Å².